The molecule has 0 radical (unpaired) electrons. The Kier molecular flexibility index (Phi) is 8.06. The van der Waals surface area contributed by atoms with Crippen molar-refractivity contribution in [2.24, 2.45) is 0 Å². The van der Waals surface area contributed by atoms with Crippen molar-refractivity contribution in [3.8, 4) is 0 Å². The first kappa shape index (κ1) is 23.0. The number of thiophene rings is 1. The third-order valence-corrected chi connectivity index (χ3v) is 6.19. The predicted molar refractivity (Wildman–Crippen MR) is 124 cm³/mol. The van der Waals surface area contributed by atoms with Crippen molar-refractivity contribution in [1.29, 1.82) is 0 Å². The summed E-state index contributed by atoms with van der Waals surface area (Å²) in [6.07, 6.45) is -0.654. The molecule has 2 heterocycles. The van der Waals surface area contributed by atoms with Gasteiger partial charge in [-0.1, -0.05) is 24.2 Å². The zero-order chi connectivity index (χ0) is 21.7. The summed E-state index contributed by atoms with van der Waals surface area (Å²) in [6, 6.07) is 10.1. The van der Waals surface area contributed by atoms with Gasteiger partial charge in [-0.05, 0) is 36.4 Å². The first-order valence-corrected chi connectivity index (χ1v) is 11.2. The average Bonchev–Trinajstić information content (AvgIpc) is 3.18. The average molecular weight is 487 g/mol. The molecule has 0 saturated carbocycles. The second kappa shape index (κ2) is 10.5. The summed E-state index contributed by atoms with van der Waals surface area (Å²) in [5.74, 6) is -0.437. The highest BCUT2D eigenvalue weighted by Crippen LogP contribution is 2.25. The summed E-state index contributed by atoms with van der Waals surface area (Å²) in [5.41, 5.74) is 1.27. The number of hydrogen-bond donors (Lipinski definition) is 2. The van der Waals surface area contributed by atoms with Gasteiger partial charge in [0.1, 0.15) is 17.6 Å². The zero-order valence-corrected chi connectivity index (χ0v) is 19.1. The summed E-state index contributed by atoms with van der Waals surface area (Å²) in [4.78, 5) is 39.8. The van der Waals surface area contributed by atoms with Crippen molar-refractivity contribution < 1.29 is 23.9 Å². The van der Waals surface area contributed by atoms with E-state index >= 15 is 0 Å². The lowest BCUT2D eigenvalue weighted by Gasteiger charge is -2.28. The molecule has 160 valence electrons. The number of nitrogens with zero attached hydrogens (tertiary/aromatic N) is 2. The molecule has 1 aromatic heterocycles. The Hall–Kier alpha value is -1.72. The molecule has 0 bridgehead atoms. The van der Waals surface area contributed by atoms with Crippen LogP contribution in [-0.4, -0.2) is 55.3 Å². The SMILES string of the molecule is O=C(OC(CS)CN(C(=O)S)c1ccc(N2CCOCC2=O)cc1)c1ccc(Cl)s1. The van der Waals surface area contributed by atoms with E-state index in [4.69, 9.17) is 21.1 Å². The summed E-state index contributed by atoms with van der Waals surface area (Å²) >= 11 is 15.2. The number of carbonyl (C=O) groups is 3. The molecular weight excluding hydrogens is 468 g/mol. The molecule has 1 aliphatic heterocycles. The smallest absolute Gasteiger partial charge is 0.348 e. The molecule has 1 saturated heterocycles. The third kappa shape index (κ3) is 5.70. The maximum absolute atomic E-state index is 12.3. The van der Waals surface area contributed by atoms with Gasteiger partial charge >= 0.3 is 5.97 Å². The lowest BCUT2D eigenvalue weighted by atomic mass is 10.2. The van der Waals surface area contributed by atoms with Crippen LogP contribution in [0.25, 0.3) is 0 Å². The van der Waals surface area contributed by atoms with Crippen LogP contribution in [0, 0.1) is 0 Å². The quantitative estimate of drug-likeness (QED) is 0.460. The number of benzene rings is 1. The number of carbonyl (C=O) groups excluding carboxylic acids is 3. The fourth-order valence-corrected chi connectivity index (χ4v) is 4.18. The van der Waals surface area contributed by atoms with Gasteiger partial charge in [-0.2, -0.15) is 12.6 Å². The van der Waals surface area contributed by atoms with E-state index in [0.717, 1.165) is 11.3 Å². The van der Waals surface area contributed by atoms with E-state index in [-0.39, 0.29) is 24.8 Å². The summed E-state index contributed by atoms with van der Waals surface area (Å²) in [5, 5.41) is -0.507. The fraction of sp³-hybridized carbons (Fsp3) is 0.316. The molecule has 30 heavy (non-hydrogen) atoms. The summed E-state index contributed by atoms with van der Waals surface area (Å²) < 4.78 is 11.1. The van der Waals surface area contributed by atoms with E-state index in [0.29, 0.717) is 33.7 Å². The van der Waals surface area contributed by atoms with Crippen LogP contribution >= 0.6 is 48.2 Å². The highest BCUT2D eigenvalue weighted by atomic mass is 35.5. The minimum absolute atomic E-state index is 0.0491. The van der Waals surface area contributed by atoms with Crippen molar-refractivity contribution in [1.82, 2.24) is 0 Å². The largest absolute Gasteiger partial charge is 0.455 e. The lowest BCUT2D eigenvalue weighted by molar-refractivity contribution is -0.125. The van der Waals surface area contributed by atoms with E-state index < -0.39 is 17.3 Å². The van der Waals surface area contributed by atoms with Crippen molar-refractivity contribution in [2.45, 2.75) is 6.10 Å². The monoisotopic (exact) mass is 486 g/mol. The van der Waals surface area contributed by atoms with Gasteiger partial charge in [0.05, 0.1) is 17.5 Å². The van der Waals surface area contributed by atoms with Crippen LogP contribution in [-0.2, 0) is 14.3 Å². The molecule has 1 fully saturated rings. The maximum atomic E-state index is 12.3. The Labute approximate surface area is 193 Å². The van der Waals surface area contributed by atoms with E-state index in [1.54, 1.807) is 41.3 Å². The van der Waals surface area contributed by atoms with Crippen LogP contribution in [0.2, 0.25) is 4.34 Å². The Morgan fingerprint density at radius 1 is 1.27 bits per heavy atom. The van der Waals surface area contributed by atoms with Gasteiger partial charge in [0.2, 0.25) is 0 Å². The number of rotatable bonds is 7. The molecule has 2 amide bonds. The second-order valence-electron chi connectivity index (χ2n) is 6.32. The van der Waals surface area contributed by atoms with Crippen molar-refractivity contribution in [2.75, 3.05) is 41.9 Å². The minimum Gasteiger partial charge on any atom is -0.455 e. The molecular formula is C19H19ClN2O5S3. The molecule has 1 aliphatic rings. The molecule has 3 rings (SSSR count). The van der Waals surface area contributed by atoms with Gasteiger partial charge in [-0.3, -0.25) is 14.5 Å². The summed E-state index contributed by atoms with van der Waals surface area (Å²) in [7, 11) is 0. The van der Waals surface area contributed by atoms with Gasteiger partial charge in [-0.25, -0.2) is 4.79 Å². The van der Waals surface area contributed by atoms with Gasteiger partial charge in [0.15, 0.2) is 0 Å². The van der Waals surface area contributed by atoms with Crippen LogP contribution in [0.4, 0.5) is 16.2 Å². The normalized spacial score (nSPS) is 15.0. The Morgan fingerprint density at radius 3 is 2.57 bits per heavy atom. The van der Waals surface area contributed by atoms with Crippen molar-refractivity contribution in [3.63, 3.8) is 0 Å². The molecule has 11 heteroatoms. The molecule has 0 aliphatic carbocycles. The van der Waals surface area contributed by atoms with Crippen LogP contribution in [0.5, 0.6) is 0 Å². The van der Waals surface area contributed by atoms with Crippen LogP contribution < -0.4 is 9.80 Å². The van der Waals surface area contributed by atoms with Gasteiger partial charge < -0.3 is 14.4 Å². The highest BCUT2D eigenvalue weighted by Gasteiger charge is 2.24. The van der Waals surface area contributed by atoms with Crippen LogP contribution in [0.15, 0.2) is 36.4 Å². The van der Waals surface area contributed by atoms with E-state index in [1.165, 1.54) is 4.90 Å². The number of hydrogen-bond acceptors (Lipinski definition) is 7. The van der Waals surface area contributed by atoms with Crippen molar-refractivity contribution >= 4 is 76.7 Å². The number of thiol groups is 2. The molecule has 0 N–H and O–H groups in total. The topological polar surface area (TPSA) is 76.2 Å². The Morgan fingerprint density at radius 2 is 2.00 bits per heavy atom. The van der Waals surface area contributed by atoms with Crippen molar-refractivity contribution in [3.05, 3.63) is 45.6 Å². The fourth-order valence-electron chi connectivity index (χ4n) is 2.87. The molecule has 1 atom stereocenters. The first-order valence-electron chi connectivity index (χ1n) is 8.95. The molecule has 1 aromatic carbocycles. The molecule has 0 spiro atoms. The zero-order valence-electron chi connectivity index (χ0n) is 15.7. The number of anilines is 2. The molecule has 7 nitrogen and oxygen atoms in total. The second-order valence-corrected chi connectivity index (χ2v) is 8.78. The third-order valence-electron chi connectivity index (χ3n) is 4.33. The lowest BCUT2D eigenvalue weighted by Crippen LogP contribution is -2.41. The number of ether oxygens (including phenoxy) is 2. The van der Waals surface area contributed by atoms with E-state index in [1.807, 2.05) is 0 Å². The minimum atomic E-state index is -0.654. The molecule has 2 aromatic rings. The molecule has 1 unspecified atom stereocenters. The Balaban J connectivity index is 1.70. The van der Waals surface area contributed by atoms with Crippen LogP contribution in [0.1, 0.15) is 9.67 Å². The maximum Gasteiger partial charge on any atom is 0.348 e. The summed E-state index contributed by atoms with van der Waals surface area (Å²) in [6.45, 7) is 1.07. The predicted octanol–water partition coefficient (Wildman–Crippen LogP) is 3.78. The van der Waals surface area contributed by atoms with E-state index in [9.17, 15) is 14.4 Å². The highest BCUT2D eigenvalue weighted by molar-refractivity contribution is 7.96. The standard InChI is InChI=1S/C19H19ClN2O5S3/c20-16-6-5-15(30-16)18(24)27-14(11-28)9-22(19(25)29)13-3-1-12(2-4-13)21-7-8-26-10-17(21)23/h1-6,14,28H,7-11H2,(H,25,29). The first-order chi connectivity index (χ1) is 14.4. The van der Waals surface area contributed by atoms with E-state index in [2.05, 4.69) is 25.3 Å². The number of esters is 1. The van der Waals surface area contributed by atoms with Gasteiger partial charge in [0, 0.05) is 23.7 Å². The number of halogens is 1. The number of morpholine rings is 1. The van der Waals surface area contributed by atoms with Crippen LogP contribution in [0.3, 0.4) is 0 Å². The number of amides is 2. The van der Waals surface area contributed by atoms with Gasteiger partial charge in [0.25, 0.3) is 11.1 Å². The van der Waals surface area contributed by atoms with Gasteiger partial charge in [-0.15, -0.1) is 11.3 Å². The Bertz CT molecular complexity index is 921.